The molecule has 5 aromatic rings. The number of pyridine rings is 2. The normalized spacial score (nSPS) is 19.6. The molecule has 2 unspecified atom stereocenters. The van der Waals surface area contributed by atoms with Gasteiger partial charge in [-0.2, -0.15) is 0 Å². The zero-order valence-corrected chi connectivity index (χ0v) is 29.6. The highest BCUT2D eigenvalue weighted by Gasteiger charge is 2.49. The lowest BCUT2D eigenvalue weighted by Crippen LogP contribution is -2.32. The zero-order chi connectivity index (χ0) is 37.0. The summed E-state index contributed by atoms with van der Waals surface area (Å²) in [6, 6.07) is 27.0. The number of hydrogen-bond acceptors (Lipinski definition) is 10. The van der Waals surface area contributed by atoms with E-state index in [-0.39, 0.29) is 24.1 Å². The number of carbonyl (C=O) groups is 4. The van der Waals surface area contributed by atoms with Gasteiger partial charge in [-0.3, -0.25) is 39.8 Å². The van der Waals surface area contributed by atoms with E-state index in [0.717, 1.165) is 21.8 Å². The van der Waals surface area contributed by atoms with Crippen LogP contribution in [0.5, 0.6) is 0 Å². The summed E-state index contributed by atoms with van der Waals surface area (Å²) in [4.78, 5) is 58.1. The third kappa shape index (κ3) is 6.95. The van der Waals surface area contributed by atoms with Crippen molar-refractivity contribution >= 4 is 61.1 Å². The van der Waals surface area contributed by atoms with Crippen molar-refractivity contribution in [1.29, 1.82) is 0 Å². The van der Waals surface area contributed by atoms with E-state index in [9.17, 15) is 29.4 Å². The molecule has 0 saturated heterocycles. The second kappa shape index (κ2) is 14.6. The van der Waals surface area contributed by atoms with Gasteiger partial charge in [0.25, 0.3) is 17.5 Å². The predicted octanol–water partition coefficient (Wildman–Crippen LogP) is 6.27. The van der Waals surface area contributed by atoms with Gasteiger partial charge in [-0.25, -0.2) is 0 Å². The maximum Gasteiger partial charge on any atom is 0.258 e. The molecule has 0 radical (unpaired) electrons. The molecule has 0 fully saturated rings. The lowest BCUT2D eigenvalue weighted by Gasteiger charge is -2.23. The number of amides is 2. The Labute approximate surface area is 306 Å². The standard InChI is InChI=1S/C21H16N2O4.C18H17BrN2O4/c1-21(15-11-14-9-5-6-10-16(14)22-12-15)18(25)17(24)20(27-21)23-19(26)13-7-3-2-4-8-13;1-18(12-9-11-5-2-3-6-13(11)20-10-12)16(24)15(23)17(25-18)21-14(22)7-4-8-19/h2-12,24H,1H3,(H,23,26);2-3,5-6,9-10,23H,4,7-8H2,1H3,(H,21,22). The van der Waals surface area contributed by atoms with Crippen molar-refractivity contribution in [3.8, 4) is 0 Å². The quantitative estimate of drug-likeness (QED) is 0.132. The van der Waals surface area contributed by atoms with Gasteiger partial charge >= 0.3 is 0 Å². The van der Waals surface area contributed by atoms with Crippen LogP contribution in [0.25, 0.3) is 21.8 Å². The van der Waals surface area contributed by atoms with E-state index in [4.69, 9.17) is 9.47 Å². The van der Waals surface area contributed by atoms with Crippen LogP contribution in [0, 0.1) is 0 Å². The molecule has 0 aliphatic carbocycles. The average Bonchev–Trinajstić information content (AvgIpc) is 3.53. The molecule has 0 spiro atoms. The van der Waals surface area contributed by atoms with Gasteiger partial charge in [-0.15, -0.1) is 0 Å². The Kier molecular flexibility index (Phi) is 10.1. The Morgan fingerprint density at radius 3 is 1.67 bits per heavy atom. The summed E-state index contributed by atoms with van der Waals surface area (Å²) in [5.41, 5.74) is 0.0504. The molecule has 2 aromatic heterocycles. The molecule has 52 heavy (non-hydrogen) atoms. The van der Waals surface area contributed by atoms with Crippen molar-refractivity contribution in [1.82, 2.24) is 20.6 Å². The number of halogens is 1. The SMILES string of the molecule is CC1(c2cnc3ccccc3c2)OC(NC(=O)CCCBr)=C(O)C1=O.CC1(c2cnc3ccccc3c2)OC(NC(=O)c2ccccc2)=C(O)C1=O. The number of aromatic nitrogens is 2. The Morgan fingerprint density at radius 1 is 0.712 bits per heavy atom. The number of rotatable bonds is 8. The van der Waals surface area contributed by atoms with Crippen LogP contribution in [0.3, 0.4) is 0 Å². The average molecular weight is 766 g/mol. The maximum atomic E-state index is 12.7. The Balaban J connectivity index is 0.000000179. The Hall–Kier alpha value is -6.08. The van der Waals surface area contributed by atoms with Gasteiger partial charge in [0, 0.05) is 51.6 Å². The van der Waals surface area contributed by atoms with Crippen LogP contribution in [-0.2, 0) is 35.1 Å². The highest BCUT2D eigenvalue weighted by Crippen LogP contribution is 2.39. The van der Waals surface area contributed by atoms with E-state index in [0.29, 0.717) is 28.4 Å². The predicted molar refractivity (Wildman–Crippen MR) is 195 cm³/mol. The molecule has 2 amide bonds. The first kappa shape index (κ1) is 35.7. The Bertz CT molecular complexity index is 2290. The third-order valence-corrected chi connectivity index (χ3v) is 9.24. The molecule has 3 aromatic carbocycles. The first-order chi connectivity index (χ1) is 24.9. The van der Waals surface area contributed by atoms with Crippen molar-refractivity contribution < 1.29 is 38.9 Å². The fraction of sp³-hybridized carbons (Fsp3) is 0.179. The van der Waals surface area contributed by atoms with Crippen LogP contribution in [0.4, 0.5) is 0 Å². The lowest BCUT2D eigenvalue weighted by molar-refractivity contribution is -0.133. The van der Waals surface area contributed by atoms with Crippen LogP contribution in [0.2, 0.25) is 0 Å². The number of nitrogens with one attached hydrogen (secondary N) is 2. The second-order valence-electron chi connectivity index (χ2n) is 12.3. The van der Waals surface area contributed by atoms with Gasteiger partial charge in [-0.05, 0) is 56.7 Å². The van der Waals surface area contributed by atoms with E-state index < -0.39 is 40.2 Å². The summed E-state index contributed by atoms with van der Waals surface area (Å²) in [5, 5.41) is 27.6. The number of carbonyl (C=O) groups excluding carboxylic acids is 4. The summed E-state index contributed by atoms with van der Waals surface area (Å²) in [6.07, 6.45) is 3.98. The Morgan fingerprint density at radius 2 is 1.17 bits per heavy atom. The number of para-hydroxylation sites is 2. The highest BCUT2D eigenvalue weighted by molar-refractivity contribution is 9.09. The van der Waals surface area contributed by atoms with E-state index in [1.807, 2.05) is 48.5 Å². The van der Waals surface area contributed by atoms with Crippen LogP contribution < -0.4 is 10.6 Å². The minimum atomic E-state index is -1.47. The minimum Gasteiger partial charge on any atom is -0.501 e. The molecule has 264 valence electrons. The van der Waals surface area contributed by atoms with Gasteiger partial charge in [-0.1, -0.05) is 70.5 Å². The smallest absolute Gasteiger partial charge is 0.258 e. The number of alkyl halides is 1. The van der Waals surface area contributed by atoms with Gasteiger partial charge < -0.3 is 19.7 Å². The van der Waals surface area contributed by atoms with Gasteiger partial charge in [0.2, 0.25) is 40.4 Å². The fourth-order valence-corrected chi connectivity index (χ4v) is 5.93. The van der Waals surface area contributed by atoms with Crippen molar-refractivity contribution in [3.05, 3.63) is 143 Å². The van der Waals surface area contributed by atoms with Gasteiger partial charge in [0.05, 0.1) is 11.0 Å². The molecule has 13 heteroatoms. The monoisotopic (exact) mass is 764 g/mol. The van der Waals surface area contributed by atoms with Crippen LogP contribution in [-0.4, -0.2) is 48.9 Å². The summed E-state index contributed by atoms with van der Waals surface area (Å²) in [6.45, 7) is 3.09. The van der Waals surface area contributed by atoms with Crippen LogP contribution in [0.15, 0.2) is 127 Å². The molecule has 0 bridgehead atoms. The fourth-order valence-electron chi connectivity index (χ4n) is 5.65. The minimum absolute atomic E-state index is 0.208. The molecule has 4 heterocycles. The van der Waals surface area contributed by atoms with E-state index >= 15 is 0 Å². The van der Waals surface area contributed by atoms with E-state index in [1.54, 1.807) is 62.5 Å². The van der Waals surface area contributed by atoms with Crippen LogP contribution in [0.1, 0.15) is 48.2 Å². The summed E-state index contributed by atoms with van der Waals surface area (Å²) >= 11 is 3.25. The van der Waals surface area contributed by atoms with Crippen molar-refractivity contribution in [2.24, 2.45) is 0 Å². The highest BCUT2D eigenvalue weighted by atomic mass is 79.9. The second-order valence-corrected chi connectivity index (χ2v) is 13.1. The number of nitrogens with zero attached hydrogens (tertiary/aromatic N) is 2. The van der Waals surface area contributed by atoms with Crippen molar-refractivity contribution in [3.63, 3.8) is 0 Å². The van der Waals surface area contributed by atoms with Crippen molar-refractivity contribution in [2.75, 3.05) is 5.33 Å². The number of ketones is 2. The first-order valence-corrected chi connectivity index (χ1v) is 17.3. The largest absolute Gasteiger partial charge is 0.501 e. The molecular weight excluding hydrogens is 732 g/mol. The molecule has 2 atom stereocenters. The zero-order valence-electron chi connectivity index (χ0n) is 28.1. The number of ether oxygens (including phenoxy) is 2. The molecule has 4 N–H and O–H groups in total. The number of fused-ring (bicyclic) bond motifs is 2. The van der Waals surface area contributed by atoms with E-state index in [2.05, 4.69) is 36.5 Å². The summed E-state index contributed by atoms with van der Waals surface area (Å²) in [7, 11) is 0. The number of Topliss-reactive ketones (excluding diaryl/α,β-unsaturated/α-hetero) is 2. The first-order valence-electron chi connectivity index (χ1n) is 16.2. The lowest BCUT2D eigenvalue weighted by atomic mass is 9.92. The molecule has 0 saturated carbocycles. The van der Waals surface area contributed by atoms with Crippen molar-refractivity contribution in [2.45, 2.75) is 37.9 Å². The molecule has 2 aliphatic heterocycles. The number of hydrogen-bond donors (Lipinski definition) is 4. The number of aliphatic hydroxyl groups excluding tert-OH is 2. The van der Waals surface area contributed by atoms with Crippen LogP contribution >= 0.6 is 15.9 Å². The third-order valence-electron chi connectivity index (χ3n) is 8.68. The van der Waals surface area contributed by atoms with Gasteiger partial charge in [0.15, 0.2) is 0 Å². The molecule has 7 rings (SSSR count). The molecule has 2 aliphatic rings. The number of aliphatic hydroxyl groups is 2. The summed E-state index contributed by atoms with van der Waals surface area (Å²) < 4.78 is 11.4. The molecular formula is C39H33BrN4O8. The summed E-state index contributed by atoms with van der Waals surface area (Å²) in [5.74, 6) is -3.72. The number of benzene rings is 3. The molecule has 12 nitrogen and oxygen atoms in total. The topological polar surface area (TPSA) is 177 Å². The maximum absolute atomic E-state index is 12.7. The van der Waals surface area contributed by atoms with E-state index in [1.165, 1.54) is 6.20 Å². The van der Waals surface area contributed by atoms with Gasteiger partial charge in [0.1, 0.15) is 0 Å².